The Morgan fingerprint density at radius 3 is 2.90 bits per heavy atom. The molecule has 1 aliphatic carbocycles. The predicted octanol–water partition coefficient (Wildman–Crippen LogP) is 3.07. The monoisotopic (exact) mass is 275 g/mol. The van der Waals surface area contributed by atoms with Gasteiger partial charge in [0.15, 0.2) is 0 Å². The van der Waals surface area contributed by atoms with Crippen LogP contribution in [0.5, 0.6) is 0 Å². The van der Waals surface area contributed by atoms with E-state index in [1.165, 1.54) is 25.7 Å². The Hall–Kier alpha value is -1.58. The molecule has 0 saturated heterocycles. The molecule has 110 valence electrons. The van der Waals surface area contributed by atoms with E-state index in [9.17, 15) is 4.79 Å². The number of hydrogen-bond donors (Lipinski definition) is 2. The largest absolute Gasteiger partial charge is 0.373 e. The van der Waals surface area contributed by atoms with Gasteiger partial charge in [-0.1, -0.05) is 26.2 Å². The van der Waals surface area contributed by atoms with E-state index in [-0.39, 0.29) is 5.91 Å². The van der Waals surface area contributed by atoms with Gasteiger partial charge in [0, 0.05) is 19.8 Å². The number of anilines is 1. The maximum Gasteiger partial charge on any atom is 0.252 e. The van der Waals surface area contributed by atoms with Crippen molar-refractivity contribution >= 4 is 11.7 Å². The number of pyridine rings is 1. The second-order valence-electron chi connectivity index (χ2n) is 5.86. The molecule has 0 spiro atoms. The first kappa shape index (κ1) is 14.8. The molecule has 0 aromatic carbocycles. The van der Waals surface area contributed by atoms with E-state index in [1.54, 1.807) is 12.3 Å². The van der Waals surface area contributed by atoms with Crippen molar-refractivity contribution in [2.24, 2.45) is 11.8 Å². The number of nitrogens with zero attached hydrogens (tertiary/aromatic N) is 1. The van der Waals surface area contributed by atoms with Gasteiger partial charge in [-0.25, -0.2) is 4.98 Å². The van der Waals surface area contributed by atoms with Crippen molar-refractivity contribution in [3.8, 4) is 0 Å². The van der Waals surface area contributed by atoms with Crippen LogP contribution in [0.25, 0.3) is 0 Å². The van der Waals surface area contributed by atoms with E-state index in [0.717, 1.165) is 30.6 Å². The minimum atomic E-state index is -0.0241. The number of amides is 1. The molecule has 0 radical (unpaired) electrons. The van der Waals surface area contributed by atoms with E-state index in [4.69, 9.17) is 0 Å². The Balaban J connectivity index is 1.74. The van der Waals surface area contributed by atoms with Crippen molar-refractivity contribution in [2.45, 2.75) is 39.0 Å². The van der Waals surface area contributed by atoms with Crippen LogP contribution in [0.3, 0.4) is 0 Å². The summed E-state index contributed by atoms with van der Waals surface area (Å²) in [7, 11) is 1.81. The molecule has 2 atom stereocenters. The van der Waals surface area contributed by atoms with Crippen molar-refractivity contribution in [3.05, 3.63) is 23.9 Å². The van der Waals surface area contributed by atoms with Crippen molar-refractivity contribution in [1.29, 1.82) is 0 Å². The van der Waals surface area contributed by atoms with E-state index in [0.29, 0.717) is 5.56 Å². The molecule has 2 unspecified atom stereocenters. The molecule has 0 bridgehead atoms. The number of nitrogens with one attached hydrogen (secondary N) is 2. The molecular weight excluding hydrogens is 250 g/mol. The second-order valence-corrected chi connectivity index (χ2v) is 5.86. The van der Waals surface area contributed by atoms with Crippen LogP contribution in [0, 0.1) is 11.8 Å². The summed E-state index contributed by atoms with van der Waals surface area (Å²) in [6.07, 6.45) is 8.05. The summed E-state index contributed by atoms with van der Waals surface area (Å²) in [5.41, 5.74) is 0.626. The highest BCUT2D eigenvalue weighted by Gasteiger charge is 2.18. The molecule has 1 aromatic rings. The standard InChI is InChI=1S/C16H25N3O/c1-12-4-3-5-13(10-12)8-9-18-16(20)14-6-7-15(17-2)19-11-14/h6-7,11-13H,3-5,8-10H2,1-2H3,(H,17,19)(H,18,20). The third-order valence-electron chi connectivity index (χ3n) is 4.16. The summed E-state index contributed by atoms with van der Waals surface area (Å²) >= 11 is 0. The van der Waals surface area contributed by atoms with Crippen LogP contribution in [-0.4, -0.2) is 24.5 Å². The maximum absolute atomic E-state index is 12.0. The van der Waals surface area contributed by atoms with E-state index in [2.05, 4.69) is 22.5 Å². The maximum atomic E-state index is 12.0. The lowest BCUT2D eigenvalue weighted by atomic mass is 9.81. The molecule has 1 aromatic heterocycles. The van der Waals surface area contributed by atoms with E-state index in [1.807, 2.05) is 13.1 Å². The fraction of sp³-hybridized carbons (Fsp3) is 0.625. The first-order valence-electron chi connectivity index (χ1n) is 7.61. The van der Waals surface area contributed by atoms with Gasteiger partial charge in [0.1, 0.15) is 5.82 Å². The third-order valence-corrected chi connectivity index (χ3v) is 4.16. The molecule has 1 heterocycles. The van der Waals surface area contributed by atoms with Gasteiger partial charge >= 0.3 is 0 Å². The number of carbonyl (C=O) groups is 1. The van der Waals surface area contributed by atoms with Gasteiger partial charge in [-0.3, -0.25) is 4.79 Å². The predicted molar refractivity (Wildman–Crippen MR) is 81.9 cm³/mol. The highest BCUT2D eigenvalue weighted by molar-refractivity contribution is 5.93. The zero-order chi connectivity index (χ0) is 14.4. The Morgan fingerprint density at radius 2 is 2.25 bits per heavy atom. The number of rotatable bonds is 5. The van der Waals surface area contributed by atoms with Crippen LogP contribution in [0.15, 0.2) is 18.3 Å². The van der Waals surface area contributed by atoms with Gasteiger partial charge in [-0.2, -0.15) is 0 Å². The molecule has 1 saturated carbocycles. The number of hydrogen-bond acceptors (Lipinski definition) is 3. The van der Waals surface area contributed by atoms with Crippen LogP contribution in [0.4, 0.5) is 5.82 Å². The molecule has 0 aliphatic heterocycles. The van der Waals surface area contributed by atoms with Gasteiger partial charge in [0.05, 0.1) is 5.56 Å². The summed E-state index contributed by atoms with van der Waals surface area (Å²) in [4.78, 5) is 16.1. The Kier molecular flexibility index (Phi) is 5.39. The Bertz CT molecular complexity index is 430. The summed E-state index contributed by atoms with van der Waals surface area (Å²) < 4.78 is 0. The normalized spacial score (nSPS) is 22.3. The SMILES string of the molecule is CNc1ccc(C(=O)NCCC2CCCC(C)C2)cn1. The van der Waals surface area contributed by atoms with Gasteiger partial charge in [0.25, 0.3) is 5.91 Å². The topological polar surface area (TPSA) is 54.0 Å². The highest BCUT2D eigenvalue weighted by Crippen LogP contribution is 2.30. The van der Waals surface area contributed by atoms with Crippen LogP contribution >= 0.6 is 0 Å². The molecule has 4 heteroatoms. The minimum absolute atomic E-state index is 0.0241. The van der Waals surface area contributed by atoms with Crippen molar-refractivity contribution in [1.82, 2.24) is 10.3 Å². The van der Waals surface area contributed by atoms with E-state index >= 15 is 0 Å². The molecule has 4 nitrogen and oxygen atoms in total. The molecule has 2 N–H and O–H groups in total. The molecule has 1 fully saturated rings. The summed E-state index contributed by atoms with van der Waals surface area (Å²) in [6.45, 7) is 3.10. The number of aromatic nitrogens is 1. The average Bonchev–Trinajstić information content (AvgIpc) is 2.47. The average molecular weight is 275 g/mol. The first-order chi connectivity index (χ1) is 9.69. The lowest BCUT2D eigenvalue weighted by molar-refractivity contribution is 0.0949. The smallest absolute Gasteiger partial charge is 0.252 e. The zero-order valence-corrected chi connectivity index (χ0v) is 12.5. The molecule has 1 aliphatic rings. The van der Waals surface area contributed by atoms with Crippen molar-refractivity contribution in [2.75, 3.05) is 18.9 Å². The quantitative estimate of drug-likeness (QED) is 0.868. The highest BCUT2D eigenvalue weighted by atomic mass is 16.1. The third kappa shape index (κ3) is 4.22. The van der Waals surface area contributed by atoms with Crippen LogP contribution in [0.2, 0.25) is 0 Å². The molecule has 2 rings (SSSR count). The molecule has 1 amide bonds. The fourth-order valence-corrected chi connectivity index (χ4v) is 2.99. The summed E-state index contributed by atoms with van der Waals surface area (Å²) in [6, 6.07) is 3.62. The lowest BCUT2D eigenvalue weighted by Crippen LogP contribution is -2.27. The van der Waals surface area contributed by atoms with Crippen LogP contribution < -0.4 is 10.6 Å². The lowest BCUT2D eigenvalue weighted by Gasteiger charge is -2.26. The molecule has 20 heavy (non-hydrogen) atoms. The summed E-state index contributed by atoms with van der Waals surface area (Å²) in [5.74, 6) is 2.38. The Labute approximate surface area is 121 Å². The summed E-state index contributed by atoms with van der Waals surface area (Å²) in [5, 5.41) is 5.94. The van der Waals surface area contributed by atoms with E-state index < -0.39 is 0 Å². The van der Waals surface area contributed by atoms with Crippen LogP contribution in [0.1, 0.15) is 49.4 Å². The minimum Gasteiger partial charge on any atom is -0.373 e. The first-order valence-corrected chi connectivity index (χ1v) is 7.61. The van der Waals surface area contributed by atoms with Crippen molar-refractivity contribution < 1.29 is 4.79 Å². The molecular formula is C16H25N3O. The van der Waals surface area contributed by atoms with Crippen LogP contribution in [-0.2, 0) is 0 Å². The van der Waals surface area contributed by atoms with Gasteiger partial charge < -0.3 is 10.6 Å². The van der Waals surface area contributed by atoms with Crippen molar-refractivity contribution in [3.63, 3.8) is 0 Å². The van der Waals surface area contributed by atoms with Gasteiger partial charge in [-0.15, -0.1) is 0 Å². The van der Waals surface area contributed by atoms with Gasteiger partial charge in [0.2, 0.25) is 0 Å². The fourth-order valence-electron chi connectivity index (χ4n) is 2.99. The number of carbonyl (C=O) groups excluding carboxylic acids is 1. The van der Waals surface area contributed by atoms with Gasteiger partial charge in [-0.05, 0) is 36.8 Å². The Morgan fingerprint density at radius 1 is 1.40 bits per heavy atom. The zero-order valence-electron chi connectivity index (χ0n) is 12.5. The second kappa shape index (κ2) is 7.27.